The maximum Gasteiger partial charge on any atom is 0.204 e. The van der Waals surface area contributed by atoms with E-state index in [2.05, 4.69) is 0 Å². The van der Waals surface area contributed by atoms with Crippen molar-refractivity contribution in [1.29, 1.82) is 0 Å². The maximum atomic E-state index is 13.5. The first kappa shape index (κ1) is 13.4. The van der Waals surface area contributed by atoms with Crippen LogP contribution in [-0.2, 0) is 0 Å². The van der Waals surface area contributed by atoms with Gasteiger partial charge < -0.3 is 4.74 Å². The van der Waals surface area contributed by atoms with Crippen LogP contribution < -0.4 is 4.74 Å². The summed E-state index contributed by atoms with van der Waals surface area (Å²) < 4.78 is 58.0. The summed E-state index contributed by atoms with van der Waals surface area (Å²) in [6, 6.07) is 4.99. The Morgan fingerprint density at radius 3 is 2.05 bits per heavy atom. The molecule has 0 heterocycles. The zero-order valence-corrected chi connectivity index (χ0v) is 10.2. The molecular formula is C14H10F4O. The van der Waals surface area contributed by atoms with Crippen LogP contribution in [0.5, 0.6) is 11.5 Å². The minimum absolute atomic E-state index is 0.140. The van der Waals surface area contributed by atoms with Gasteiger partial charge in [-0.1, -0.05) is 12.1 Å². The van der Waals surface area contributed by atoms with Crippen LogP contribution in [0.4, 0.5) is 17.6 Å². The van der Waals surface area contributed by atoms with Crippen LogP contribution in [0.25, 0.3) is 0 Å². The first-order chi connectivity index (χ1) is 8.91. The van der Waals surface area contributed by atoms with Crippen molar-refractivity contribution >= 4 is 0 Å². The number of halogens is 4. The molecule has 0 unspecified atom stereocenters. The van der Waals surface area contributed by atoms with Crippen LogP contribution in [0, 0.1) is 37.1 Å². The highest BCUT2D eigenvalue weighted by Crippen LogP contribution is 2.33. The molecule has 0 N–H and O–H groups in total. The molecule has 2 aromatic rings. The third-order valence-corrected chi connectivity index (χ3v) is 2.84. The molecule has 0 spiro atoms. The monoisotopic (exact) mass is 270 g/mol. The maximum absolute atomic E-state index is 13.5. The van der Waals surface area contributed by atoms with Gasteiger partial charge in [-0.15, -0.1) is 0 Å². The minimum atomic E-state index is -1.56. The molecule has 0 atom stereocenters. The number of hydrogen-bond donors (Lipinski definition) is 0. The summed E-state index contributed by atoms with van der Waals surface area (Å²) in [5, 5.41) is 0. The van der Waals surface area contributed by atoms with Gasteiger partial charge in [-0.25, -0.2) is 8.78 Å². The highest BCUT2D eigenvalue weighted by atomic mass is 19.2. The third kappa shape index (κ3) is 2.41. The molecule has 0 fully saturated rings. The van der Waals surface area contributed by atoms with Crippen LogP contribution in [0.2, 0.25) is 0 Å². The Bertz CT molecular complexity index is 612. The zero-order valence-electron chi connectivity index (χ0n) is 10.2. The van der Waals surface area contributed by atoms with E-state index in [-0.39, 0.29) is 11.8 Å². The lowest BCUT2D eigenvalue weighted by atomic mass is 10.1. The van der Waals surface area contributed by atoms with Gasteiger partial charge in [0, 0.05) is 6.07 Å². The van der Waals surface area contributed by atoms with Gasteiger partial charge in [0.2, 0.25) is 17.4 Å². The largest absolute Gasteiger partial charge is 0.451 e. The lowest BCUT2D eigenvalue weighted by Gasteiger charge is -2.12. The SMILES string of the molecule is Cc1cccc(Oc2c(F)c(F)cc(F)c2F)c1C. The summed E-state index contributed by atoms with van der Waals surface area (Å²) in [5.74, 6) is -7.05. The molecule has 0 amide bonds. The summed E-state index contributed by atoms with van der Waals surface area (Å²) in [6.07, 6.45) is 0. The van der Waals surface area contributed by atoms with E-state index < -0.39 is 29.0 Å². The number of rotatable bonds is 2. The standard InChI is InChI=1S/C14H10F4O/c1-7-4-3-5-11(8(7)2)19-14-12(17)9(15)6-10(16)13(14)18/h3-6H,1-2H3. The molecule has 0 aromatic heterocycles. The van der Waals surface area contributed by atoms with Crippen molar-refractivity contribution in [2.75, 3.05) is 0 Å². The van der Waals surface area contributed by atoms with Gasteiger partial charge in [-0.05, 0) is 31.0 Å². The van der Waals surface area contributed by atoms with E-state index in [1.807, 2.05) is 0 Å². The van der Waals surface area contributed by atoms with Gasteiger partial charge in [-0.2, -0.15) is 8.78 Å². The van der Waals surface area contributed by atoms with Gasteiger partial charge in [0.1, 0.15) is 5.75 Å². The Morgan fingerprint density at radius 2 is 1.47 bits per heavy atom. The Kier molecular flexibility index (Phi) is 3.46. The van der Waals surface area contributed by atoms with Crippen LogP contribution in [0.3, 0.4) is 0 Å². The number of ether oxygens (including phenoxy) is 1. The highest BCUT2D eigenvalue weighted by molar-refractivity contribution is 5.42. The van der Waals surface area contributed by atoms with Crippen molar-refractivity contribution in [2.45, 2.75) is 13.8 Å². The average molecular weight is 270 g/mol. The quantitative estimate of drug-likeness (QED) is 0.570. The van der Waals surface area contributed by atoms with Crippen molar-refractivity contribution in [3.05, 3.63) is 58.7 Å². The predicted octanol–water partition coefficient (Wildman–Crippen LogP) is 4.65. The summed E-state index contributed by atoms with van der Waals surface area (Å²) >= 11 is 0. The van der Waals surface area contributed by atoms with E-state index in [1.165, 1.54) is 6.07 Å². The van der Waals surface area contributed by atoms with Crippen molar-refractivity contribution < 1.29 is 22.3 Å². The first-order valence-corrected chi connectivity index (χ1v) is 5.49. The molecule has 0 aliphatic carbocycles. The number of aryl methyl sites for hydroxylation is 1. The van der Waals surface area contributed by atoms with E-state index in [9.17, 15) is 17.6 Å². The van der Waals surface area contributed by atoms with E-state index in [1.54, 1.807) is 26.0 Å². The van der Waals surface area contributed by atoms with E-state index in [0.717, 1.165) is 5.56 Å². The molecule has 1 nitrogen and oxygen atoms in total. The van der Waals surface area contributed by atoms with Gasteiger partial charge in [-0.3, -0.25) is 0 Å². The van der Waals surface area contributed by atoms with E-state index >= 15 is 0 Å². The molecule has 0 bridgehead atoms. The Balaban J connectivity index is 2.52. The summed E-state index contributed by atoms with van der Waals surface area (Å²) in [4.78, 5) is 0. The van der Waals surface area contributed by atoms with Gasteiger partial charge >= 0.3 is 0 Å². The topological polar surface area (TPSA) is 9.23 Å². The molecule has 2 aromatic carbocycles. The molecule has 0 saturated heterocycles. The van der Waals surface area contributed by atoms with Gasteiger partial charge in [0.05, 0.1) is 0 Å². The van der Waals surface area contributed by atoms with Crippen molar-refractivity contribution in [2.24, 2.45) is 0 Å². The second-order valence-corrected chi connectivity index (χ2v) is 4.10. The second-order valence-electron chi connectivity index (χ2n) is 4.10. The normalized spacial score (nSPS) is 10.6. The molecular weight excluding hydrogens is 260 g/mol. The van der Waals surface area contributed by atoms with Gasteiger partial charge in [0.25, 0.3) is 0 Å². The summed E-state index contributed by atoms with van der Waals surface area (Å²) in [6.45, 7) is 3.46. The van der Waals surface area contributed by atoms with E-state index in [0.29, 0.717) is 5.56 Å². The smallest absolute Gasteiger partial charge is 0.204 e. The van der Waals surface area contributed by atoms with Crippen LogP contribution in [-0.4, -0.2) is 0 Å². The minimum Gasteiger partial charge on any atom is -0.451 e. The summed E-state index contributed by atoms with van der Waals surface area (Å²) in [7, 11) is 0. The lowest BCUT2D eigenvalue weighted by molar-refractivity contribution is 0.364. The molecule has 0 saturated carbocycles. The fourth-order valence-electron chi connectivity index (χ4n) is 1.59. The molecule has 2 rings (SSSR count). The fourth-order valence-corrected chi connectivity index (χ4v) is 1.59. The molecule has 19 heavy (non-hydrogen) atoms. The highest BCUT2D eigenvalue weighted by Gasteiger charge is 2.21. The summed E-state index contributed by atoms with van der Waals surface area (Å²) in [5.41, 5.74) is 1.46. The Labute approximate surface area is 107 Å². The second kappa shape index (κ2) is 4.91. The van der Waals surface area contributed by atoms with Crippen molar-refractivity contribution in [3.63, 3.8) is 0 Å². The molecule has 0 radical (unpaired) electrons. The molecule has 0 aliphatic heterocycles. The van der Waals surface area contributed by atoms with Crippen LogP contribution in [0.1, 0.15) is 11.1 Å². The van der Waals surface area contributed by atoms with E-state index in [4.69, 9.17) is 4.74 Å². The molecule has 0 aliphatic rings. The first-order valence-electron chi connectivity index (χ1n) is 5.49. The van der Waals surface area contributed by atoms with Crippen LogP contribution >= 0.6 is 0 Å². The molecule has 100 valence electrons. The average Bonchev–Trinajstić information content (AvgIpc) is 2.37. The number of benzene rings is 2. The number of hydrogen-bond acceptors (Lipinski definition) is 1. The predicted molar refractivity (Wildman–Crippen MR) is 62.3 cm³/mol. The fraction of sp³-hybridized carbons (Fsp3) is 0.143. The van der Waals surface area contributed by atoms with Crippen LogP contribution in [0.15, 0.2) is 24.3 Å². The van der Waals surface area contributed by atoms with Crippen molar-refractivity contribution in [1.82, 2.24) is 0 Å². The Hall–Kier alpha value is -2.04. The zero-order chi connectivity index (χ0) is 14.2. The third-order valence-electron chi connectivity index (χ3n) is 2.84. The van der Waals surface area contributed by atoms with Gasteiger partial charge in [0.15, 0.2) is 11.6 Å². The lowest BCUT2D eigenvalue weighted by Crippen LogP contribution is -2.00. The molecule has 5 heteroatoms. The van der Waals surface area contributed by atoms with Crippen molar-refractivity contribution in [3.8, 4) is 11.5 Å². The Morgan fingerprint density at radius 1 is 0.895 bits per heavy atom.